The summed E-state index contributed by atoms with van der Waals surface area (Å²) in [7, 11) is 1.98. The molecule has 0 aliphatic carbocycles. The van der Waals surface area contributed by atoms with Crippen LogP contribution < -0.4 is 5.32 Å². The number of hydrogen-bond donors (Lipinski definition) is 1. The normalized spacial score (nSPS) is 17.2. The van der Waals surface area contributed by atoms with E-state index in [1.165, 1.54) is 11.1 Å². The second kappa shape index (κ2) is 5.82. The summed E-state index contributed by atoms with van der Waals surface area (Å²) in [5.41, 5.74) is 3.74. The molecular weight excluding hydrogens is 212 g/mol. The van der Waals surface area contributed by atoms with Crippen LogP contribution in [-0.4, -0.2) is 18.6 Å². The van der Waals surface area contributed by atoms with Gasteiger partial charge in [-0.3, -0.25) is 4.98 Å². The van der Waals surface area contributed by atoms with Crippen LogP contribution in [0.1, 0.15) is 37.1 Å². The molecule has 92 valence electrons. The molecule has 1 aliphatic rings. The molecule has 1 N–H and O–H groups in total. The van der Waals surface area contributed by atoms with Gasteiger partial charge in [0.2, 0.25) is 0 Å². The molecule has 1 aromatic rings. The molecule has 1 aromatic heterocycles. The van der Waals surface area contributed by atoms with Gasteiger partial charge >= 0.3 is 0 Å². The third-order valence-corrected chi connectivity index (χ3v) is 3.20. The van der Waals surface area contributed by atoms with Gasteiger partial charge in [-0.15, -0.1) is 0 Å². The average Bonchev–Trinajstić information content (AvgIpc) is 2.41. The van der Waals surface area contributed by atoms with Crippen molar-refractivity contribution in [3.63, 3.8) is 0 Å². The largest absolute Gasteiger partial charge is 0.501 e. The molecular formula is C14H20N2O. The molecule has 1 aliphatic heterocycles. The highest BCUT2D eigenvalue weighted by Crippen LogP contribution is 2.28. The van der Waals surface area contributed by atoms with Gasteiger partial charge in [0, 0.05) is 6.20 Å². The lowest BCUT2D eigenvalue weighted by molar-refractivity contribution is 0.219. The van der Waals surface area contributed by atoms with E-state index in [0.29, 0.717) is 0 Å². The van der Waals surface area contributed by atoms with Crippen molar-refractivity contribution in [3.8, 4) is 0 Å². The van der Waals surface area contributed by atoms with Crippen LogP contribution in [0.15, 0.2) is 30.2 Å². The van der Waals surface area contributed by atoms with Gasteiger partial charge in [0.1, 0.15) is 0 Å². The Labute approximate surface area is 103 Å². The highest BCUT2D eigenvalue weighted by atomic mass is 16.5. The predicted octanol–water partition coefficient (Wildman–Crippen LogP) is 2.60. The first-order chi connectivity index (χ1) is 8.36. The van der Waals surface area contributed by atoms with Crippen LogP contribution in [0, 0.1) is 0 Å². The molecule has 0 saturated heterocycles. The molecule has 1 unspecified atom stereocenters. The van der Waals surface area contributed by atoms with Gasteiger partial charge in [-0.05, 0) is 43.5 Å². The SMILES string of the molecule is CCc1cccnc1C(NC)C1=COCCC1. The standard InChI is InChI=1S/C14H20N2O/c1-3-11-6-4-8-16-14(11)13(15-2)12-7-5-9-17-10-12/h4,6,8,10,13,15H,3,5,7,9H2,1-2H3. The van der Waals surface area contributed by atoms with E-state index in [-0.39, 0.29) is 6.04 Å². The Morgan fingerprint density at radius 1 is 1.53 bits per heavy atom. The first-order valence-corrected chi connectivity index (χ1v) is 6.28. The molecule has 0 amide bonds. The minimum atomic E-state index is 0.187. The highest BCUT2D eigenvalue weighted by Gasteiger charge is 2.20. The number of nitrogens with zero attached hydrogens (tertiary/aromatic N) is 1. The Balaban J connectivity index is 2.31. The van der Waals surface area contributed by atoms with Crippen molar-refractivity contribution in [2.75, 3.05) is 13.7 Å². The van der Waals surface area contributed by atoms with Gasteiger partial charge in [0.15, 0.2) is 0 Å². The maximum atomic E-state index is 5.43. The Bertz CT molecular complexity index is 401. The number of hydrogen-bond acceptors (Lipinski definition) is 3. The van der Waals surface area contributed by atoms with Gasteiger partial charge in [-0.2, -0.15) is 0 Å². The van der Waals surface area contributed by atoms with Crippen LogP contribution >= 0.6 is 0 Å². The lowest BCUT2D eigenvalue weighted by Crippen LogP contribution is -2.23. The van der Waals surface area contributed by atoms with E-state index >= 15 is 0 Å². The van der Waals surface area contributed by atoms with E-state index < -0.39 is 0 Å². The van der Waals surface area contributed by atoms with Crippen molar-refractivity contribution < 1.29 is 4.74 Å². The van der Waals surface area contributed by atoms with E-state index in [2.05, 4.69) is 23.3 Å². The van der Waals surface area contributed by atoms with E-state index in [1.54, 1.807) is 0 Å². The molecule has 0 aromatic carbocycles. The van der Waals surface area contributed by atoms with Crippen molar-refractivity contribution in [1.82, 2.24) is 10.3 Å². The molecule has 1 atom stereocenters. The molecule has 2 heterocycles. The van der Waals surface area contributed by atoms with Gasteiger partial charge in [-0.1, -0.05) is 13.0 Å². The summed E-state index contributed by atoms with van der Waals surface area (Å²) < 4.78 is 5.43. The Morgan fingerprint density at radius 3 is 3.06 bits per heavy atom. The van der Waals surface area contributed by atoms with Crippen LogP contribution in [0.3, 0.4) is 0 Å². The van der Waals surface area contributed by atoms with E-state index in [1.807, 2.05) is 25.6 Å². The van der Waals surface area contributed by atoms with Crippen LogP contribution in [-0.2, 0) is 11.2 Å². The number of pyridine rings is 1. The maximum Gasteiger partial charge on any atom is 0.0876 e. The van der Waals surface area contributed by atoms with Crippen LogP contribution in [0.4, 0.5) is 0 Å². The zero-order chi connectivity index (χ0) is 12.1. The summed E-state index contributed by atoms with van der Waals surface area (Å²) in [4.78, 5) is 4.54. The predicted molar refractivity (Wildman–Crippen MR) is 68.7 cm³/mol. The fourth-order valence-electron chi connectivity index (χ4n) is 2.30. The molecule has 0 fully saturated rings. The molecule has 0 saturated carbocycles. The second-order valence-electron chi connectivity index (χ2n) is 4.29. The van der Waals surface area contributed by atoms with Crippen molar-refractivity contribution in [1.29, 1.82) is 0 Å². The number of aromatic nitrogens is 1. The number of aryl methyl sites for hydroxylation is 1. The number of nitrogens with one attached hydrogen (secondary N) is 1. The summed E-state index contributed by atoms with van der Waals surface area (Å²) in [6.07, 6.45) is 6.96. The molecule has 3 nitrogen and oxygen atoms in total. The highest BCUT2D eigenvalue weighted by molar-refractivity contribution is 5.29. The van der Waals surface area contributed by atoms with Crippen molar-refractivity contribution >= 4 is 0 Å². The molecule has 0 spiro atoms. The van der Waals surface area contributed by atoms with Gasteiger partial charge < -0.3 is 10.1 Å². The van der Waals surface area contributed by atoms with E-state index in [0.717, 1.165) is 31.6 Å². The third-order valence-electron chi connectivity index (χ3n) is 3.20. The van der Waals surface area contributed by atoms with Crippen LogP contribution in [0.25, 0.3) is 0 Å². The topological polar surface area (TPSA) is 34.2 Å². The summed E-state index contributed by atoms with van der Waals surface area (Å²) >= 11 is 0. The van der Waals surface area contributed by atoms with Crippen LogP contribution in [0.5, 0.6) is 0 Å². The zero-order valence-electron chi connectivity index (χ0n) is 10.6. The summed E-state index contributed by atoms with van der Waals surface area (Å²) in [5.74, 6) is 0. The van der Waals surface area contributed by atoms with E-state index in [4.69, 9.17) is 4.74 Å². The molecule has 17 heavy (non-hydrogen) atoms. The van der Waals surface area contributed by atoms with Gasteiger partial charge in [0.25, 0.3) is 0 Å². The first kappa shape index (κ1) is 12.1. The summed E-state index contributed by atoms with van der Waals surface area (Å²) in [6, 6.07) is 4.34. The zero-order valence-corrected chi connectivity index (χ0v) is 10.6. The van der Waals surface area contributed by atoms with Crippen LogP contribution in [0.2, 0.25) is 0 Å². The second-order valence-corrected chi connectivity index (χ2v) is 4.29. The molecule has 2 rings (SSSR count). The van der Waals surface area contributed by atoms with Crippen molar-refractivity contribution in [2.45, 2.75) is 32.2 Å². The fourth-order valence-corrected chi connectivity index (χ4v) is 2.30. The van der Waals surface area contributed by atoms with Crippen molar-refractivity contribution in [2.24, 2.45) is 0 Å². The average molecular weight is 232 g/mol. The number of likely N-dealkylation sites (N-methyl/N-ethyl adjacent to an activating group) is 1. The Morgan fingerprint density at radius 2 is 2.41 bits per heavy atom. The smallest absolute Gasteiger partial charge is 0.0876 e. The number of ether oxygens (including phenoxy) is 1. The summed E-state index contributed by atoms with van der Waals surface area (Å²) in [6.45, 7) is 3.00. The minimum Gasteiger partial charge on any atom is -0.501 e. The van der Waals surface area contributed by atoms with Gasteiger partial charge in [-0.25, -0.2) is 0 Å². The maximum absolute atomic E-state index is 5.43. The van der Waals surface area contributed by atoms with E-state index in [9.17, 15) is 0 Å². The number of rotatable bonds is 4. The third kappa shape index (κ3) is 2.67. The quantitative estimate of drug-likeness (QED) is 0.866. The fraction of sp³-hybridized carbons (Fsp3) is 0.500. The Kier molecular flexibility index (Phi) is 4.15. The first-order valence-electron chi connectivity index (χ1n) is 6.28. The lowest BCUT2D eigenvalue weighted by Gasteiger charge is -2.24. The summed E-state index contributed by atoms with van der Waals surface area (Å²) in [5, 5.41) is 3.35. The van der Waals surface area contributed by atoms with Crippen molar-refractivity contribution in [3.05, 3.63) is 41.4 Å². The minimum absolute atomic E-state index is 0.187. The Hall–Kier alpha value is -1.35. The monoisotopic (exact) mass is 232 g/mol. The molecule has 3 heteroatoms. The lowest BCUT2D eigenvalue weighted by atomic mass is 9.95. The molecule has 0 radical (unpaired) electrons. The van der Waals surface area contributed by atoms with Gasteiger partial charge in [0.05, 0.1) is 24.6 Å². The molecule has 0 bridgehead atoms.